The van der Waals surface area contributed by atoms with Crippen molar-refractivity contribution < 1.29 is 23.7 Å². The number of rotatable bonds is 17. The first-order valence-electron chi connectivity index (χ1n) is 9.39. The molecule has 0 unspecified atom stereocenters. The smallest absolute Gasteiger partial charge is 0.119 e. The molecule has 0 radical (unpaired) electrons. The predicted molar refractivity (Wildman–Crippen MR) is 99.5 cm³/mol. The third kappa shape index (κ3) is 12.8. The summed E-state index contributed by atoms with van der Waals surface area (Å²) in [5.74, 6) is 0.893. The fourth-order valence-electron chi connectivity index (χ4n) is 2.16. The van der Waals surface area contributed by atoms with Gasteiger partial charge in [0.05, 0.1) is 46.2 Å². The van der Waals surface area contributed by atoms with E-state index in [2.05, 4.69) is 19.1 Å². The molecule has 0 heterocycles. The molecular formula is C20H34O5. The standard InChI is InChI=1S/C20H34O5/c1-3-5-6-19-7-9-20(10-8-19)25-18-17-24-16-15-23-14-13-22-12-11-21-4-2/h7-10H,3-6,11-18H2,1-2H3. The molecule has 1 aromatic carbocycles. The molecule has 0 spiro atoms. The second kappa shape index (κ2) is 16.3. The largest absolute Gasteiger partial charge is 0.491 e. The van der Waals surface area contributed by atoms with Crippen molar-refractivity contribution in [2.24, 2.45) is 0 Å². The molecule has 0 bridgehead atoms. The topological polar surface area (TPSA) is 46.2 Å². The highest BCUT2D eigenvalue weighted by atomic mass is 16.6. The second-order valence-corrected chi connectivity index (χ2v) is 5.63. The molecule has 0 saturated heterocycles. The highest BCUT2D eigenvalue weighted by Gasteiger charge is 1.97. The average Bonchev–Trinajstić information content (AvgIpc) is 2.65. The van der Waals surface area contributed by atoms with Crippen molar-refractivity contribution in [3.8, 4) is 5.75 Å². The van der Waals surface area contributed by atoms with E-state index in [0.717, 1.165) is 18.8 Å². The van der Waals surface area contributed by atoms with E-state index >= 15 is 0 Å². The minimum absolute atomic E-state index is 0.550. The van der Waals surface area contributed by atoms with Crippen LogP contribution >= 0.6 is 0 Å². The summed E-state index contributed by atoms with van der Waals surface area (Å²) in [5, 5.41) is 0. The molecule has 0 atom stereocenters. The zero-order valence-corrected chi connectivity index (χ0v) is 15.8. The normalized spacial score (nSPS) is 11.0. The van der Waals surface area contributed by atoms with Crippen molar-refractivity contribution in [3.05, 3.63) is 29.8 Å². The average molecular weight is 354 g/mol. The van der Waals surface area contributed by atoms with E-state index in [-0.39, 0.29) is 0 Å². The molecular weight excluding hydrogens is 320 g/mol. The minimum Gasteiger partial charge on any atom is -0.491 e. The van der Waals surface area contributed by atoms with Gasteiger partial charge in [-0.3, -0.25) is 0 Å². The summed E-state index contributed by atoms with van der Waals surface area (Å²) in [7, 11) is 0. The van der Waals surface area contributed by atoms with Crippen LogP contribution in [0.15, 0.2) is 24.3 Å². The third-order valence-corrected chi connectivity index (χ3v) is 3.56. The second-order valence-electron chi connectivity index (χ2n) is 5.63. The van der Waals surface area contributed by atoms with Crippen LogP contribution in [-0.2, 0) is 25.4 Å². The molecule has 0 aliphatic rings. The van der Waals surface area contributed by atoms with Crippen LogP contribution in [0.4, 0.5) is 0 Å². The van der Waals surface area contributed by atoms with Crippen LogP contribution in [0, 0.1) is 0 Å². The van der Waals surface area contributed by atoms with Crippen molar-refractivity contribution >= 4 is 0 Å². The lowest BCUT2D eigenvalue weighted by atomic mass is 10.1. The summed E-state index contributed by atoms with van der Waals surface area (Å²) in [6.45, 7) is 9.58. The third-order valence-electron chi connectivity index (χ3n) is 3.56. The predicted octanol–water partition coefficient (Wildman–Crippen LogP) is 3.49. The molecule has 1 aromatic rings. The first kappa shape index (κ1) is 21.9. The van der Waals surface area contributed by atoms with Gasteiger partial charge in [0, 0.05) is 6.61 Å². The summed E-state index contributed by atoms with van der Waals surface area (Å²) in [4.78, 5) is 0. The van der Waals surface area contributed by atoms with Gasteiger partial charge in [0.25, 0.3) is 0 Å². The number of aryl methyl sites for hydroxylation is 1. The van der Waals surface area contributed by atoms with Gasteiger partial charge in [-0.15, -0.1) is 0 Å². The van der Waals surface area contributed by atoms with E-state index in [1.807, 2.05) is 19.1 Å². The van der Waals surface area contributed by atoms with E-state index in [9.17, 15) is 0 Å². The van der Waals surface area contributed by atoms with Crippen molar-refractivity contribution in [1.29, 1.82) is 0 Å². The summed E-state index contributed by atoms with van der Waals surface area (Å²) >= 11 is 0. The lowest BCUT2D eigenvalue weighted by Gasteiger charge is -2.09. The van der Waals surface area contributed by atoms with E-state index in [0.29, 0.717) is 52.9 Å². The van der Waals surface area contributed by atoms with E-state index in [4.69, 9.17) is 23.7 Å². The Hall–Kier alpha value is -1.14. The van der Waals surface area contributed by atoms with Crippen molar-refractivity contribution in [3.63, 3.8) is 0 Å². The van der Waals surface area contributed by atoms with Gasteiger partial charge in [0.1, 0.15) is 12.4 Å². The maximum atomic E-state index is 5.66. The van der Waals surface area contributed by atoms with Gasteiger partial charge in [0.15, 0.2) is 0 Å². The van der Waals surface area contributed by atoms with Gasteiger partial charge in [-0.25, -0.2) is 0 Å². The Morgan fingerprint density at radius 2 is 1.16 bits per heavy atom. The summed E-state index contributed by atoms with van der Waals surface area (Å²) in [6.07, 6.45) is 3.59. The van der Waals surface area contributed by atoms with Gasteiger partial charge in [-0.1, -0.05) is 25.5 Å². The van der Waals surface area contributed by atoms with Crippen LogP contribution in [0.1, 0.15) is 32.3 Å². The first-order chi connectivity index (χ1) is 12.4. The van der Waals surface area contributed by atoms with E-state index in [1.165, 1.54) is 18.4 Å². The molecule has 0 fully saturated rings. The molecule has 0 saturated carbocycles. The van der Waals surface area contributed by atoms with E-state index < -0.39 is 0 Å². The zero-order chi connectivity index (χ0) is 18.0. The van der Waals surface area contributed by atoms with Gasteiger partial charge in [-0.2, -0.15) is 0 Å². The Morgan fingerprint density at radius 1 is 0.640 bits per heavy atom. The number of benzene rings is 1. The minimum atomic E-state index is 0.550. The van der Waals surface area contributed by atoms with Gasteiger partial charge < -0.3 is 23.7 Å². The van der Waals surface area contributed by atoms with Gasteiger partial charge in [-0.05, 0) is 37.5 Å². The SMILES string of the molecule is CCCCc1ccc(OCCOCCOCCOCCOCC)cc1. The molecule has 0 aliphatic heterocycles. The van der Waals surface area contributed by atoms with Crippen molar-refractivity contribution in [1.82, 2.24) is 0 Å². The van der Waals surface area contributed by atoms with Crippen molar-refractivity contribution in [2.45, 2.75) is 33.1 Å². The number of ether oxygens (including phenoxy) is 5. The van der Waals surface area contributed by atoms with Crippen molar-refractivity contribution in [2.75, 3.05) is 59.5 Å². The molecule has 0 N–H and O–H groups in total. The Labute approximate surface area is 152 Å². The summed E-state index contributed by atoms with van der Waals surface area (Å²) < 4.78 is 27.1. The summed E-state index contributed by atoms with van der Waals surface area (Å²) in [6, 6.07) is 8.32. The maximum absolute atomic E-state index is 5.66. The molecule has 5 heteroatoms. The quantitative estimate of drug-likeness (QED) is 0.401. The molecule has 5 nitrogen and oxygen atoms in total. The van der Waals surface area contributed by atoms with Crippen LogP contribution in [0.3, 0.4) is 0 Å². The molecule has 0 amide bonds. The molecule has 25 heavy (non-hydrogen) atoms. The van der Waals surface area contributed by atoms with E-state index in [1.54, 1.807) is 0 Å². The molecule has 0 aromatic heterocycles. The monoisotopic (exact) mass is 354 g/mol. The molecule has 144 valence electrons. The Balaban J connectivity index is 1.87. The summed E-state index contributed by atoms with van der Waals surface area (Å²) in [5.41, 5.74) is 1.37. The zero-order valence-electron chi connectivity index (χ0n) is 15.8. The Morgan fingerprint density at radius 3 is 1.68 bits per heavy atom. The van der Waals surface area contributed by atoms with Gasteiger partial charge >= 0.3 is 0 Å². The first-order valence-corrected chi connectivity index (χ1v) is 9.39. The lowest BCUT2D eigenvalue weighted by molar-refractivity contribution is -0.00342. The van der Waals surface area contributed by atoms with Crippen LogP contribution in [-0.4, -0.2) is 59.5 Å². The van der Waals surface area contributed by atoms with Gasteiger partial charge in [0.2, 0.25) is 0 Å². The molecule has 0 aliphatic carbocycles. The Kier molecular flexibility index (Phi) is 14.3. The van der Waals surface area contributed by atoms with Crippen LogP contribution in [0.5, 0.6) is 5.75 Å². The number of hydrogen-bond donors (Lipinski definition) is 0. The number of hydrogen-bond acceptors (Lipinski definition) is 5. The number of unbranched alkanes of at least 4 members (excludes halogenated alkanes) is 1. The highest BCUT2D eigenvalue weighted by Crippen LogP contribution is 2.13. The maximum Gasteiger partial charge on any atom is 0.119 e. The Bertz CT molecular complexity index is 394. The van der Waals surface area contributed by atoms with Crippen LogP contribution < -0.4 is 4.74 Å². The van der Waals surface area contributed by atoms with Crippen LogP contribution in [0.2, 0.25) is 0 Å². The molecule has 1 rings (SSSR count). The fourth-order valence-corrected chi connectivity index (χ4v) is 2.16. The van der Waals surface area contributed by atoms with Crippen LogP contribution in [0.25, 0.3) is 0 Å². The fraction of sp³-hybridized carbons (Fsp3) is 0.700. The lowest BCUT2D eigenvalue weighted by Crippen LogP contribution is -2.13. The highest BCUT2D eigenvalue weighted by molar-refractivity contribution is 5.27.